The number of hydrogen-bond acceptors (Lipinski definition) is 4. The first-order chi connectivity index (χ1) is 17.8. The van der Waals surface area contributed by atoms with Gasteiger partial charge in [-0.15, -0.1) is 0 Å². The van der Waals surface area contributed by atoms with Crippen LogP contribution in [-0.2, 0) is 16.6 Å². The van der Waals surface area contributed by atoms with E-state index < -0.39 is 15.6 Å². The van der Waals surface area contributed by atoms with Crippen LogP contribution >= 0.6 is 23.2 Å². The summed E-state index contributed by atoms with van der Waals surface area (Å²) >= 11 is 13.4. The third kappa shape index (κ3) is 6.41. The van der Waals surface area contributed by atoms with E-state index >= 15 is 0 Å². The molecule has 0 atom stereocenters. The molecule has 1 saturated carbocycles. The molecule has 0 spiro atoms. The van der Waals surface area contributed by atoms with Gasteiger partial charge in [0, 0.05) is 49.5 Å². The van der Waals surface area contributed by atoms with Gasteiger partial charge in [0.2, 0.25) is 10.0 Å². The van der Waals surface area contributed by atoms with Gasteiger partial charge in [0.05, 0.1) is 21.3 Å². The van der Waals surface area contributed by atoms with E-state index in [1.54, 1.807) is 26.8 Å². The van der Waals surface area contributed by atoms with Crippen LogP contribution in [0.5, 0.6) is 0 Å². The molecule has 2 aliphatic rings. The number of carbonyl (C=O) groups is 1. The molecule has 7 nitrogen and oxygen atoms in total. The van der Waals surface area contributed by atoms with E-state index in [1.165, 1.54) is 25.3 Å². The number of aromatic nitrogens is 1. The number of hydrogen-bond donors (Lipinski definition) is 1. The summed E-state index contributed by atoms with van der Waals surface area (Å²) < 4.78 is 30.9. The molecule has 1 aromatic carbocycles. The average molecular weight is 584 g/mol. The SMILES string of the molecule is Cc1c(C(=O)N2CCN(C)CC2)cc(-c2ccc(S(=O)(=O)NC(C)(C)C)c(Cl)c2Cl)n1CC1CCCCC1. The Kier molecular flexibility index (Phi) is 8.89. The molecule has 2 heterocycles. The van der Waals surface area contributed by atoms with Crippen LogP contribution in [0.25, 0.3) is 11.3 Å². The number of halogens is 2. The number of nitrogens with one attached hydrogen (secondary N) is 1. The highest BCUT2D eigenvalue weighted by Gasteiger charge is 2.30. The van der Waals surface area contributed by atoms with E-state index in [0.717, 1.165) is 43.9 Å². The van der Waals surface area contributed by atoms with Crippen LogP contribution in [0.4, 0.5) is 0 Å². The average Bonchev–Trinajstić information content (AvgIpc) is 3.15. The Morgan fingerprint density at radius 2 is 1.66 bits per heavy atom. The quantitative estimate of drug-likeness (QED) is 0.466. The maximum atomic E-state index is 13.6. The Hall–Kier alpha value is -1.58. The second kappa shape index (κ2) is 11.5. The maximum absolute atomic E-state index is 13.6. The topological polar surface area (TPSA) is 74.7 Å². The summed E-state index contributed by atoms with van der Waals surface area (Å²) in [5.74, 6) is 0.542. The molecular formula is C28H40Cl2N4O3S. The number of rotatable bonds is 6. The van der Waals surface area contributed by atoms with Crippen molar-refractivity contribution in [2.24, 2.45) is 5.92 Å². The molecule has 0 unspecified atom stereocenters. The van der Waals surface area contributed by atoms with E-state index in [1.807, 2.05) is 17.9 Å². The molecular weight excluding hydrogens is 543 g/mol. The first-order valence-corrected chi connectivity index (χ1v) is 15.7. The van der Waals surface area contributed by atoms with Gasteiger partial charge in [-0.1, -0.05) is 42.5 Å². The lowest BCUT2D eigenvalue weighted by molar-refractivity contribution is 0.0663. The van der Waals surface area contributed by atoms with E-state index in [0.29, 0.717) is 30.1 Å². The number of benzene rings is 1. The van der Waals surface area contributed by atoms with Gasteiger partial charge in [-0.25, -0.2) is 13.1 Å². The normalized spacial score (nSPS) is 18.2. The molecule has 1 saturated heterocycles. The highest BCUT2D eigenvalue weighted by atomic mass is 35.5. The first kappa shape index (κ1) is 29.4. The monoisotopic (exact) mass is 582 g/mol. The summed E-state index contributed by atoms with van der Waals surface area (Å²) in [6.45, 7) is 11.2. The zero-order chi connectivity index (χ0) is 27.8. The zero-order valence-corrected chi connectivity index (χ0v) is 25.4. The predicted molar refractivity (Wildman–Crippen MR) is 155 cm³/mol. The summed E-state index contributed by atoms with van der Waals surface area (Å²) in [6.07, 6.45) is 6.01. The van der Waals surface area contributed by atoms with Gasteiger partial charge < -0.3 is 14.4 Å². The van der Waals surface area contributed by atoms with E-state index in [9.17, 15) is 13.2 Å². The molecule has 10 heteroatoms. The molecule has 1 aromatic heterocycles. The first-order valence-electron chi connectivity index (χ1n) is 13.5. The van der Waals surface area contributed by atoms with E-state index in [2.05, 4.69) is 21.2 Å². The van der Waals surface area contributed by atoms with Crippen LogP contribution in [0.3, 0.4) is 0 Å². The van der Waals surface area contributed by atoms with Gasteiger partial charge in [-0.2, -0.15) is 0 Å². The molecule has 2 aromatic rings. The standard InChI is InChI=1S/C28H40Cl2N4O3S/c1-19-22(27(35)33-15-13-32(5)14-16-33)17-23(34(19)18-20-9-7-6-8-10-20)21-11-12-24(26(30)25(21)29)38(36,37)31-28(2,3)4/h11-12,17,20,31H,6-10,13-16,18H2,1-5H3. The highest BCUT2D eigenvalue weighted by molar-refractivity contribution is 7.89. The largest absolute Gasteiger partial charge is 0.344 e. The Labute approximate surface area is 237 Å². The van der Waals surface area contributed by atoms with Crippen molar-refractivity contribution in [2.45, 2.75) is 76.8 Å². The van der Waals surface area contributed by atoms with Crippen molar-refractivity contribution < 1.29 is 13.2 Å². The number of likely N-dealkylation sites (N-methyl/N-ethyl adjacent to an activating group) is 1. The molecule has 0 bridgehead atoms. The van der Waals surface area contributed by atoms with Crippen molar-refractivity contribution in [2.75, 3.05) is 33.2 Å². The summed E-state index contributed by atoms with van der Waals surface area (Å²) in [6, 6.07) is 5.13. The fourth-order valence-electron chi connectivity index (χ4n) is 5.52. The van der Waals surface area contributed by atoms with Crippen molar-refractivity contribution in [3.8, 4) is 11.3 Å². The van der Waals surface area contributed by atoms with Crippen molar-refractivity contribution in [1.29, 1.82) is 0 Å². The van der Waals surface area contributed by atoms with Crippen LogP contribution in [0, 0.1) is 12.8 Å². The third-order valence-corrected chi connectivity index (χ3v) is 10.4. The van der Waals surface area contributed by atoms with Gasteiger partial charge in [-0.3, -0.25) is 4.79 Å². The van der Waals surface area contributed by atoms with Crippen molar-refractivity contribution in [1.82, 2.24) is 19.1 Å². The minimum Gasteiger partial charge on any atom is -0.344 e. The second-order valence-corrected chi connectivity index (χ2v) is 14.2. The Morgan fingerprint density at radius 1 is 1.03 bits per heavy atom. The van der Waals surface area contributed by atoms with Gasteiger partial charge in [0.25, 0.3) is 5.91 Å². The van der Waals surface area contributed by atoms with Crippen molar-refractivity contribution in [3.63, 3.8) is 0 Å². The summed E-state index contributed by atoms with van der Waals surface area (Å²) in [5.41, 5.74) is 2.33. The van der Waals surface area contributed by atoms with Gasteiger partial charge in [0.1, 0.15) is 4.90 Å². The minimum absolute atomic E-state index is 0.0177. The smallest absolute Gasteiger partial charge is 0.255 e. The molecule has 1 aliphatic carbocycles. The second-order valence-electron chi connectivity index (χ2n) is 11.8. The molecule has 1 aliphatic heterocycles. The number of amides is 1. The van der Waals surface area contributed by atoms with Crippen LogP contribution in [0.2, 0.25) is 10.0 Å². The predicted octanol–water partition coefficient (Wildman–Crippen LogP) is 5.82. The van der Waals surface area contributed by atoms with Crippen LogP contribution in [0.1, 0.15) is 68.9 Å². The van der Waals surface area contributed by atoms with Crippen LogP contribution in [0.15, 0.2) is 23.1 Å². The van der Waals surface area contributed by atoms with Crippen LogP contribution in [-0.4, -0.2) is 67.5 Å². The van der Waals surface area contributed by atoms with Crippen LogP contribution < -0.4 is 4.72 Å². The molecule has 38 heavy (non-hydrogen) atoms. The number of sulfonamides is 1. The third-order valence-electron chi connectivity index (χ3n) is 7.61. The van der Waals surface area contributed by atoms with E-state index in [-0.39, 0.29) is 20.8 Å². The minimum atomic E-state index is -3.88. The number of carbonyl (C=O) groups excluding carboxylic acids is 1. The Morgan fingerprint density at radius 3 is 2.26 bits per heavy atom. The number of nitrogens with zero attached hydrogens (tertiary/aromatic N) is 3. The van der Waals surface area contributed by atoms with E-state index in [4.69, 9.17) is 23.2 Å². The fraction of sp³-hybridized carbons (Fsp3) is 0.607. The van der Waals surface area contributed by atoms with Gasteiger partial charge >= 0.3 is 0 Å². The molecule has 4 rings (SSSR count). The highest BCUT2D eigenvalue weighted by Crippen LogP contribution is 2.40. The van der Waals surface area contributed by atoms with Crippen molar-refractivity contribution in [3.05, 3.63) is 39.5 Å². The number of piperazine rings is 1. The Bertz CT molecular complexity index is 1290. The summed E-state index contributed by atoms with van der Waals surface area (Å²) in [7, 11) is -1.81. The molecule has 1 N–H and O–H groups in total. The lowest BCUT2D eigenvalue weighted by Gasteiger charge is -2.32. The molecule has 0 radical (unpaired) electrons. The molecule has 2 fully saturated rings. The zero-order valence-electron chi connectivity index (χ0n) is 23.1. The van der Waals surface area contributed by atoms with Gasteiger partial charge in [0.15, 0.2) is 0 Å². The molecule has 1 amide bonds. The summed E-state index contributed by atoms with van der Waals surface area (Å²) in [5, 5.41) is 0.153. The lowest BCUT2D eigenvalue weighted by Crippen LogP contribution is -2.47. The Balaban J connectivity index is 1.77. The van der Waals surface area contributed by atoms with Gasteiger partial charge in [-0.05, 0) is 71.7 Å². The molecule has 210 valence electrons. The fourth-order valence-corrected chi connectivity index (χ4v) is 7.81. The van der Waals surface area contributed by atoms with Crippen molar-refractivity contribution >= 4 is 39.1 Å². The lowest BCUT2D eigenvalue weighted by atomic mass is 9.89. The summed E-state index contributed by atoms with van der Waals surface area (Å²) in [4.78, 5) is 17.7. The maximum Gasteiger partial charge on any atom is 0.255 e.